The van der Waals surface area contributed by atoms with Crippen LogP contribution in [0.3, 0.4) is 0 Å². The van der Waals surface area contributed by atoms with Gasteiger partial charge in [0.05, 0.1) is 0 Å². The molecule has 2 rings (SSSR count). The van der Waals surface area contributed by atoms with E-state index in [-0.39, 0.29) is 5.15 Å². The highest BCUT2D eigenvalue weighted by Crippen LogP contribution is 2.23. The lowest BCUT2D eigenvalue weighted by Crippen LogP contribution is -1.91. The molecule has 0 saturated heterocycles. The molecule has 0 fully saturated rings. The predicted octanol–water partition coefficient (Wildman–Crippen LogP) is 1.85. The highest BCUT2D eigenvalue weighted by Gasteiger charge is 2.09. The summed E-state index contributed by atoms with van der Waals surface area (Å²) >= 11 is 6.91. The van der Waals surface area contributed by atoms with E-state index in [0.717, 1.165) is 0 Å². The van der Waals surface area contributed by atoms with Crippen LogP contribution in [0, 0.1) is 11.3 Å². The van der Waals surface area contributed by atoms with Crippen LogP contribution in [-0.2, 0) is 0 Å². The van der Waals surface area contributed by atoms with E-state index in [2.05, 4.69) is 10.1 Å². The van der Waals surface area contributed by atoms with Crippen molar-refractivity contribution in [1.29, 1.82) is 5.26 Å². The zero-order valence-corrected chi connectivity index (χ0v) is 7.88. The van der Waals surface area contributed by atoms with Crippen LogP contribution in [0.2, 0.25) is 5.15 Å². The Morgan fingerprint density at radius 2 is 2.46 bits per heavy atom. The van der Waals surface area contributed by atoms with Crippen molar-refractivity contribution >= 4 is 22.9 Å². The van der Waals surface area contributed by atoms with Crippen LogP contribution in [-0.4, -0.2) is 14.8 Å². The monoisotopic (exact) mass is 210 g/mol. The molecule has 0 aliphatic heterocycles. The number of nitrogens with zero attached hydrogens (tertiary/aromatic N) is 4. The normalized spacial score (nSPS) is 9.85. The van der Waals surface area contributed by atoms with Crippen LogP contribution in [0.5, 0.6) is 0 Å². The van der Waals surface area contributed by atoms with Crippen molar-refractivity contribution in [2.24, 2.45) is 0 Å². The van der Waals surface area contributed by atoms with Crippen LogP contribution < -0.4 is 0 Å². The van der Waals surface area contributed by atoms with Crippen molar-refractivity contribution in [2.75, 3.05) is 0 Å². The summed E-state index contributed by atoms with van der Waals surface area (Å²) in [6, 6.07) is 3.74. The summed E-state index contributed by atoms with van der Waals surface area (Å²) in [4.78, 5) is 4.40. The first-order valence-electron chi connectivity index (χ1n) is 3.37. The molecule has 0 atom stereocenters. The second-order valence-electron chi connectivity index (χ2n) is 2.18. The fourth-order valence-corrected chi connectivity index (χ4v) is 1.82. The third kappa shape index (κ3) is 1.41. The van der Waals surface area contributed by atoms with Crippen molar-refractivity contribution in [3.05, 3.63) is 28.5 Å². The lowest BCUT2D eigenvalue weighted by atomic mass is 10.6. The number of nitriles is 1. The average molecular weight is 211 g/mol. The van der Waals surface area contributed by atoms with Crippen molar-refractivity contribution < 1.29 is 0 Å². The summed E-state index contributed by atoms with van der Waals surface area (Å²) in [5, 5.41) is 13.4. The van der Waals surface area contributed by atoms with Crippen molar-refractivity contribution in [3.63, 3.8) is 0 Å². The van der Waals surface area contributed by atoms with Gasteiger partial charge >= 0.3 is 0 Å². The first kappa shape index (κ1) is 8.23. The van der Waals surface area contributed by atoms with Crippen LogP contribution >= 0.6 is 22.9 Å². The molecule has 64 valence electrons. The summed E-state index contributed by atoms with van der Waals surface area (Å²) in [6.07, 6.45) is 3.39. The number of rotatable bonds is 1. The van der Waals surface area contributed by atoms with E-state index >= 15 is 0 Å². The molecule has 13 heavy (non-hydrogen) atoms. The standard InChI is InChI=1S/C7H3ClN4S/c8-6-5(4-9)13-7(11-6)12-3-1-2-10-12/h1-3H. The first-order chi connectivity index (χ1) is 6.31. The maximum atomic E-state index is 8.64. The van der Waals surface area contributed by atoms with Gasteiger partial charge in [0.25, 0.3) is 0 Å². The van der Waals surface area contributed by atoms with E-state index in [0.29, 0.717) is 10.0 Å². The number of thiazole rings is 1. The van der Waals surface area contributed by atoms with E-state index in [4.69, 9.17) is 16.9 Å². The number of hydrogen-bond donors (Lipinski definition) is 0. The SMILES string of the molecule is N#Cc1sc(-n2cccn2)nc1Cl. The van der Waals surface area contributed by atoms with Gasteiger partial charge in [0, 0.05) is 12.4 Å². The molecule has 0 spiro atoms. The quantitative estimate of drug-likeness (QED) is 0.722. The van der Waals surface area contributed by atoms with Crippen LogP contribution in [0.15, 0.2) is 18.5 Å². The molecule has 0 aliphatic rings. The summed E-state index contributed by atoms with van der Waals surface area (Å²) in [5.74, 6) is 0. The van der Waals surface area contributed by atoms with Gasteiger partial charge < -0.3 is 0 Å². The van der Waals surface area contributed by atoms with Crippen LogP contribution in [0.25, 0.3) is 5.13 Å². The Morgan fingerprint density at radius 3 is 3.00 bits per heavy atom. The average Bonchev–Trinajstić information content (AvgIpc) is 2.71. The topological polar surface area (TPSA) is 54.5 Å². The Morgan fingerprint density at radius 1 is 1.62 bits per heavy atom. The van der Waals surface area contributed by atoms with E-state index in [1.807, 2.05) is 6.07 Å². The highest BCUT2D eigenvalue weighted by molar-refractivity contribution is 7.15. The zero-order valence-electron chi connectivity index (χ0n) is 6.31. The Labute approximate surface area is 83.0 Å². The Bertz CT molecular complexity index is 453. The van der Waals surface area contributed by atoms with Gasteiger partial charge in [0.15, 0.2) is 5.15 Å². The smallest absolute Gasteiger partial charge is 0.213 e. The largest absolute Gasteiger partial charge is 0.214 e. The Balaban J connectivity index is 2.50. The molecule has 6 heteroatoms. The molecule has 0 unspecified atom stereocenters. The number of hydrogen-bond acceptors (Lipinski definition) is 4. The minimum atomic E-state index is 0.234. The van der Waals surface area contributed by atoms with Gasteiger partial charge in [-0.1, -0.05) is 22.9 Å². The molecule has 2 aromatic rings. The Kier molecular flexibility index (Phi) is 2.00. The second-order valence-corrected chi connectivity index (χ2v) is 3.51. The molecular weight excluding hydrogens is 208 g/mol. The minimum Gasteiger partial charge on any atom is -0.214 e. The van der Waals surface area contributed by atoms with E-state index in [1.54, 1.807) is 23.1 Å². The minimum absolute atomic E-state index is 0.234. The van der Waals surface area contributed by atoms with Crippen LogP contribution in [0.4, 0.5) is 0 Å². The third-order valence-corrected chi connectivity index (χ3v) is 2.71. The molecule has 0 amide bonds. The first-order valence-corrected chi connectivity index (χ1v) is 4.57. The predicted molar refractivity (Wildman–Crippen MR) is 49.0 cm³/mol. The molecule has 2 aromatic heterocycles. The fourth-order valence-electron chi connectivity index (χ4n) is 0.840. The van der Waals surface area contributed by atoms with Crippen molar-refractivity contribution in [1.82, 2.24) is 14.8 Å². The molecule has 0 aromatic carbocycles. The molecule has 0 aliphatic carbocycles. The van der Waals surface area contributed by atoms with Gasteiger partial charge in [-0.05, 0) is 6.07 Å². The maximum absolute atomic E-state index is 8.64. The maximum Gasteiger partial charge on any atom is 0.213 e. The second kappa shape index (κ2) is 3.17. The Hall–Kier alpha value is -1.38. The van der Waals surface area contributed by atoms with Gasteiger partial charge in [-0.3, -0.25) is 0 Å². The van der Waals surface area contributed by atoms with Gasteiger partial charge in [-0.2, -0.15) is 10.4 Å². The molecule has 4 nitrogen and oxygen atoms in total. The third-order valence-electron chi connectivity index (χ3n) is 1.38. The summed E-state index contributed by atoms with van der Waals surface area (Å²) in [5.41, 5.74) is 0. The summed E-state index contributed by atoms with van der Waals surface area (Å²) < 4.78 is 1.57. The van der Waals surface area contributed by atoms with E-state index in [9.17, 15) is 0 Å². The van der Waals surface area contributed by atoms with Gasteiger partial charge in [0.1, 0.15) is 10.9 Å². The van der Waals surface area contributed by atoms with Crippen LogP contribution in [0.1, 0.15) is 4.88 Å². The lowest BCUT2D eigenvalue weighted by molar-refractivity contribution is 0.869. The highest BCUT2D eigenvalue weighted by atomic mass is 35.5. The number of halogens is 1. The molecule has 0 N–H and O–H groups in total. The van der Waals surface area contributed by atoms with E-state index in [1.165, 1.54) is 11.3 Å². The summed E-state index contributed by atoms with van der Waals surface area (Å²) in [7, 11) is 0. The molecule has 2 heterocycles. The van der Waals surface area contributed by atoms with E-state index < -0.39 is 0 Å². The number of aromatic nitrogens is 3. The lowest BCUT2D eigenvalue weighted by Gasteiger charge is -1.90. The van der Waals surface area contributed by atoms with Crippen molar-refractivity contribution in [2.45, 2.75) is 0 Å². The molecule has 0 radical (unpaired) electrons. The fraction of sp³-hybridized carbons (Fsp3) is 0. The molecule has 0 saturated carbocycles. The zero-order chi connectivity index (χ0) is 9.26. The summed E-state index contributed by atoms with van der Waals surface area (Å²) in [6.45, 7) is 0. The van der Waals surface area contributed by atoms with Crippen molar-refractivity contribution in [3.8, 4) is 11.2 Å². The van der Waals surface area contributed by atoms with Gasteiger partial charge in [-0.15, -0.1) is 0 Å². The van der Waals surface area contributed by atoms with Gasteiger partial charge in [-0.25, -0.2) is 9.67 Å². The molecular formula is C7H3ClN4S. The molecule has 0 bridgehead atoms. The van der Waals surface area contributed by atoms with Gasteiger partial charge in [0.2, 0.25) is 5.13 Å².